The van der Waals surface area contributed by atoms with E-state index in [1.807, 2.05) is 6.92 Å². The zero-order chi connectivity index (χ0) is 25.0. The Kier molecular flexibility index (Phi) is 5.59. The topological polar surface area (TPSA) is 164 Å². The summed E-state index contributed by atoms with van der Waals surface area (Å²) in [6, 6.07) is 6.69. The van der Waals surface area contributed by atoms with Crippen molar-refractivity contribution in [2.45, 2.75) is 31.7 Å². The number of likely N-dealkylation sites (tertiary alicyclic amines) is 1. The molecule has 35 heavy (non-hydrogen) atoms. The minimum atomic E-state index is -3.20. The minimum Gasteiger partial charge on any atom is -0.382 e. The van der Waals surface area contributed by atoms with Gasteiger partial charge in [0.05, 0.1) is 24.8 Å². The van der Waals surface area contributed by atoms with Gasteiger partial charge in [-0.1, -0.05) is 24.3 Å². The number of hydrogen-bond donors (Lipinski definition) is 4. The van der Waals surface area contributed by atoms with Gasteiger partial charge in [-0.05, 0) is 19.8 Å². The first-order chi connectivity index (χ1) is 16.6. The van der Waals surface area contributed by atoms with Gasteiger partial charge in [-0.2, -0.15) is 0 Å². The van der Waals surface area contributed by atoms with E-state index in [0.717, 1.165) is 18.9 Å². The van der Waals surface area contributed by atoms with Gasteiger partial charge in [0.15, 0.2) is 0 Å². The second kappa shape index (κ2) is 8.38. The Labute approximate surface area is 200 Å². The number of imidazole rings is 1. The lowest BCUT2D eigenvalue weighted by atomic mass is 9.85. The van der Waals surface area contributed by atoms with Gasteiger partial charge < -0.3 is 30.7 Å². The molecule has 5 rings (SSSR count). The van der Waals surface area contributed by atoms with Crippen LogP contribution in [0.15, 0.2) is 30.5 Å². The van der Waals surface area contributed by atoms with E-state index in [0.29, 0.717) is 60.9 Å². The highest BCUT2D eigenvalue weighted by molar-refractivity contribution is 5.87. The molecule has 2 aliphatic heterocycles. The van der Waals surface area contributed by atoms with Crippen LogP contribution in [0.2, 0.25) is 0 Å². The number of aliphatic hydroxyl groups is 3. The van der Waals surface area contributed by atoms with Gasteiger partial charge in [0.2, 0.25) is 5.91 Å². The smallest absolute Gasteiger partial charge is 0.322 e. The zero-order valence-corrected chi connectivity index (χ0v) is 19.2. The van der Waals surface area contributed by atoms with Gasteiger partial charge in [-0.15, -0.1) is 0 Å². The van der Waals surface area contributed by atoms with E-state index in [1.54, 1.807) is 29.2 Å². The number of aldehydes is 1. The fourth-order valence-corrected chi connectivity index (χ4v) is 4.88. The molecule has 2 saturated heterocycles. The van der Waals surface area contributed by atoms with Crippen molar-refractivity contribution in [1.82, 2.24) is 19.3 Å². The summed E-state index contributed by atoms with van der Waals surface area (Å²) in [5.74, 6) is -2.95. The zero-order valence-electron chi connectivity index (χ0n) is 19.2. The predicted octanol–water partition coefficient (Wildman–Crippen LogP) is 0.621. The summed E-state index contributed by atoms with van der Waals surface area (Å²) in [5, 5.41) is 30.3. The highest BCUT2D eigenvalue weighted by Crippen LogP contribution is 2.38. The molecular formula is C24H27N5O6. The lowest BCUT2D eigenvalue weighted by molar-refractivity contribution is -0.327. The van der Waals surface area contributed by atoms with Gasteiger partial charge in [0, 0.05) is 30.1 Å². The van der Waals surface area contributed by atoms with Gasteiger partial charge >= 0.3 is 5.97 Å². The van der Waals surface area contributed by atoms with Crippen molar-refractivity contribution in [3.05, 3.63) is 47.5 Å². The summed E-state index contributed by atoms with van der Waals surface area (Å²) in [6.45, 7) is 3.63. The average molecular weight is 482 g/mol. The van der Waals surface area contributed by atoms with Crippen LogP contribution < -0.4 is 5.73 Å². The van der Waals surface area contributed by atoms with Gasteiger partial charge in [0.25, 0.3) is 0 Å². The highest BCUT2D eigenvalue weighted by atomic mass is 16.7. The van der Waals surface area contributed by atoms with Crippen molar-refractivity contribution in [1.29, 1.82) is 0 Å². The number of anilines is 1. The van der Waals surface area contributed by atoms with E-state index < -0.39 is 11.4 Å². The molecule has 0 radical (unpaired) electrons. The maximum atomic E-state index is 13.2. The van der Waals surface area contributed by atoms with Crippen molar-refractivity contribution in [3.63, 3.8) is 0 Å². The van der Waals surface area contributed by atoms with E-state index in [9.17, 15) is 24.9 Å². The van der Waals surface area contributed by atoms with E-state index in [1.165, 1.54) is 4.40 Å². The quantitative estimate of drug-likeness (QED) is 0.302. The van der Waals surface area contributed by atoms with Crippen LogP contribution in [0.3, 0.4) is 0 Å². The molecule has 11 heteroatoms. The molecule has 5 N–H and O–H groups in total. The molecule has 4 heterocycles. The first kappa shape index (κ1) is 23.4. The van der Waals surface area contributed by atoms with Crippen molar-refractivity contribution >= 4 is 23.5 Å². The van der Waals surface area contributed by atoms with Crippen LogP contribution in [0, 0.1) is 5.41 Å². The van der Waals surface area contributed by atoms with E-state index in [-0.39, 0.29) is 23.3 Å². The highest BCUT2D eigenvalue weighted by Gasteiger charge is 2.45. The molecule has 1 aromatic carbocycles. The fourth-order valence-electron chi connectivity index (χ4n) is 4.88. The third-order valence-electron chi connectivity index (χ3n) is 6.81. The molecule has 2 fully saturated rings. The van der Waals surface area contributed by atoms with Crippen LogP contribution in [0.5, 0.6) is 0 Å². The van der Waals surface area contributed by atoms with Crippen LogP contribution >= 0.6 is 0 Å². The van der Waals surface area contributed by atoms with Crippen molar-refractivity contribution in [2.24, 2.45) is 5.41 Å². The molecule has 11 nitrogen and oxygen atoms in total. The fraction of sp³-hybridized carbons (Fsp3) is 0.417. The first-order valence-corrected chi connectivity index (χ1v) is 11.4. The first-order valence-electron chi connectivity index (χ1n) is 11.4. The van der Waals surface area contributed by atoms with Gasteiger partial charge in [0.1, 0.15) is 34.8 Å². The maximum absolute atomic E-state index is 13.2. The van der Waals surface area contributed by atoms with Crippen molar-refractivity contribution in [3.8, 4) is 11.3 Å². The molecule has 1 atom stereocenters. The molecule has 184 valence electrons. The number of nitrogens with two attached hydrogens (primary N) is 1. The SMILES string of the molecule is CC1(C(=O)N2CCCC(c3nc(-c4ccc(C=O)cc4)c4c(N)ncc(C(O)(O)O)n34)C2)COC1. The summed E-state index contributed by atoms with van der Waals surface area (Å²) in [6.07, 6.45) is 3.24. The standard InChI is InChI=1S/C24H27N5O6/c1-23(12-35-13-23)22(31)28-8-2-3-16(10-28)21-27-18(15-6-4-14(11-30)5-7-15)19-20(25)26-9-17(29(19)21)24(32,33)34/h4-7,9,11,16,32-34H,2-3,8,10,12-13H2,1H3,(H2,25,26). The van der Waals surface area contributed by atoms with Gasteiger partial charge in [-0.25, -0.2) is 9.97 Å². The van der Waals surface area contributed by atoms with Crippen LogP contribution in [0.4, 0.5) is 5.82 Å². The molecule has 0 saturated carbocycles. The van der Waals surface area contributed by atoms with Crippen molar-refractivity contribution in [2.75, 3.05) is 32.0 Å². The molecule has 3 aromatic rings. The number of benzene rings is 1. The van der Waals surface area contributed by atoms with Gasteiger partial charge in [-0.3, -0.25) is 14.0 Å². The van der Waals surface area contributed by atoms with Crippen molar-refractivity contribution < 1.29 is 29.6 Å². The lowest BCUT2D eigenvalue weighted by Gasteiger charge is -2.42. The third-order valence-corrected chi connectivity index (χ3v) is 6.81. The Balaban J connectivity index is 1.64. The molecular weight excluding hydrogens is 454 g/mol. The Hall–Kier alpha value is -3.38. The number of carbonyl (C=O) groups excluding carboxylic acids is 2. The molecule has 1 amide bonds. The Bertz CT molecular complexity index is 1290. The van der Waals surface area contributed by atoms with E-state index in [4.69, 9.17) is 15.5 Å². The summed E-state index contributed by atoms with van der Waals surface area (Å²) >= 11 is 0. The van der Waals surface area contributed by atoms with Crippen LogP contribution in [0.25, 0.3) is 16.8 Å². The van der Waals surface area contributed by atoms with E-state index >= 15 is 0 Å². The molecule has 2 aliphatic rings. The number of aromatic nitrogens is 3. The second-order valence-corrected chi connectivity index (χ2v) is 9.55. The number of hydrogen-bond acceptors (Lipinski definition) is 9. The van der Waals surface area contributed by atoms with E-state index in [2.05, 4.69) is 4.98 Å². The number of piperidine rings is 1. The number of amides is 1. The Morgan fingerprint density at radius 3 is 2.57 bits per heavy atom. The van der Waals surface area contributed by atoms with Crippen LogP contribution in [-0.4, -0.2) is 73.1 Å². The molecule has 0 spiro atoms. The number of ether oxygens (including phenoxy) is 1. The average Bonchev–Trinajstić information content (AvgIpc) is 3.23. The second-order valence-electron chi connectivity index (χ2n) is 9.55. The third kappa shape index (κ3) is 3.96. The largest absolute Gasteiger partial charge is 0.382 e. The maximum Gasteiger partial charge on any atom is 0.322 e. The minimum absolute atomic E-state index is 0.0150. The number of nitrogens with zero attached hydrogens (tertiary/aromatic N) is 4. The summed E-state index contributed by atoms with van der Waals surface area (Å²) < 4.78 is 6.68. The van der Waals surface area contributed by atoms with Crippen LogP contribution in [0.1, 0.15) is 47.6 Å². The number of carbonyl (C=O) groups is 2. The summed E-state index contributed by atoms with van der Waals surface area (Å²) in [5.41, 5.74) is 7.17. The monoisotopic (exact) mass is 481 g/mol. The molecule has 2 aromatic heterocycles. The normalized spacial score (nSPS) is 20.0. The molecule has 1 unspecified atom stereocenters. The number of fused-ring (bicyclic) bond motifs is 1. The predicted molar refractivity (Wildman–Crippen MR) is 124 cm³/mol. The molecule has 0 bridgehead atoms. The number of nitrogen functional groups attached to an aromatic ring is 1. The summed E-state index contributed by atoms with van der Waals surface area (Å²) in [4.78, 5) is 34.9. The number of rotatable bonds is 5. The lowest BCUT2D eigenvalue weighted by Crippen LogP contribution is -2.55. The Morgan fingerprint density at radius 2 is 1.97 bits per heavy atom. The summed E-state index contributed by atoms with van der Waals surface area (Å²) in [7, 11) is 0. The molecule has 0 aliphatic carbocycles. The Morgan fingerprint density at radius 1 is 1.26 bits per heavy atom. The van der Waals surface area contributed by atoms with Crippen LogP contribution in [-0.2, 0) is 15.5 Å².